The number of anilines is 1. The lowest BCUT2D eigenvalue weighted by Gasteiger charge is -2.32. The first kappa shape index (κ1) is 32.0. The van der Waals surface area contributed by atoms with Crippen LogP contribution >= 0.6 is 0 Å². The van der Waals surface area contributed by atoms with E-state index in [4.69, 9.17) is 4.74 Å². The third kappa shape index (κ3) is 6.62. The topological polar surface area (TPSA) is 118 Å². The molecule has 0 unspecified atom stereocenters. The van der Waals surface area contributed by atoms with Crippen molar-refractivity contribution in [1.82, 2.24) is 24.8 Å². The molecule has 0 bridgehead atoms. The minimum atomic E-state index is -3.24. The van der Waals surface area contributed by atoms with Crippen molar-refractivity contribution in [3.05, 3.63) is 88.9 Å². The molecule has 6 rings (SSSR count). The standard InChI is InChI=1S/C35H44N6O4S/c1-34(2,3)24-18-23(22-46(6,43)44)19-25(20-24)36-33(42)37-29-13-14-30(28-11-8-7-10-27(28)29)45-26-12-15-31-38-39-32(41(31)21-26)35(4)16-9-17-40(35)5/h7-8,10-12,15,18-21,29-30H,9,13-14,16-17,22H2,1-6H3,(H2,36,37,42)/t29-,30+,35-/m0/s1. The van der Waals surface area contributed by atoms with Gasteiger partial charge in [-0.25, -0.2) is 13.2 Å². The van der Waals surface area contributed by atoms with Crippen LogP contribution in [-0.4, -0.2) is 53.8 Å². The van der Waals surface area contributed by atoms with Gasteiger partial charge in [-0.1, -0.05) is 51.1 Å². The Morgan fingerprint density at radius 2 is 1.83 bits per heavy atom. The molecule has 3 atom stereocenters. The average Bonchev–Trinajstić information content (AvgIpc) is 3.55. The summed E-state index contributed by atoms with van der Waals surface area (Å²) in [5.41, 5.74) is 4.61. The normalized spacial score (nSPS) is 22.0. The van der Waals surface area contributed by atoms with Gasteiger partial charge in [-0.3, -0.25) is 9.30 Å². The number of benzene rings is 2. The molecule has 244 valence electrons. The summed E-state index contributed by atoms with van der Waals surface area (Å²) in [6.07, 6.45) is 6.59. The number of urea groups is 1. The zero-order valence-corrected chi connectivity index (χ0v) is 28.3. The Bertz CT molecular complexity index is 1880. The molecular formula is C35H44N6O4S. The number of rotatable bonds is 7. The summed E-state index contributed by atoms with van der Waals surface area (Å²) >= 11 is 0. The lowest BCUT2D eigenvalue weighted by Crippen LogP contribution is -2.37. The van der Waals surface area contributed by atoms with Crippen molar-refractivity contribution in [3.8, 4) is 5.75 Å². The van der Waals surface area contributed by atoms with Gasteiger partial charge in [0.25, 0.3) is 0 Å². The highest BCUT2D eigenvalue weighted by Crippen LogP contribution is 2.40. The first-order chi connectivity index (χ1) is 21.7. The molecule has 2 aliphatic rings. The van der Waals surface area contributed by atoms with E-state index in [0.29, 0.717) is 24.1 Å². The van der Waals surface area contributed by atoms with Crippen LogP contribution in [-0.2, 0) is 26.5 Å². The average molecular weight is 645 g/mol. The molecule has 10 nitrogen and oxygen atoms in total. The zero-order valence-electron chi connectivity index (χ0n) is 27.5. The number of pyridine rings is 1. The highest BCUT2D eigenvalue weighted by Gasteiger charge is 2.40. The Labute approximate surface area is 271 Å². The van der Waals surface area contributed by atoms with Crippen LogP contribution in [0, 0.1) is 0 Å². The van der Waals surface area contributed by atoms with Gasteiger partial charge < -0.3 is 15.4 Å². The second-order valence-electron chi connectivity index (χ2n) is 14.1. The van der Waals surface area contributed by atoms with E-state index in [2.05, 4.69) is 70.9 Å². The van der Waals surface area contributed by atoms with E-state index in [1.165, 1.54) is 6.26 Å². The number of nitrogens with one attached hydrogen (secondary N) is 2. The fourth-order valence-corrected chi connectivity index (χ4v) is 7.56. The SMILES string of the molecule is CN1CCC[C@@]1(C)c1nnc2ccc(O[C@@H]3CC[C@H](NC(=O)Nc4cc(CS(C)(=O)=O)cc(C(C)(C)C)c4)c4ccccc43)cn12. The van der Waals surface area contributed by atoms with Gasteiger partial charge in [0.15, 0.2) is 21.3 Å². The van der Waals surface area contributed by atoms with E-state index in [9.17, 15) is 13.2 Å². The minimum Gasteiger partial charge on any atom is -0.484 e. The van der Waals surface area contributed by atoms with Crippen molar-refractivity contribution in [2.75, 3.05) is 25.2 Å². The minimum absolute atomic E-state index is 0.0907. The number of likely N-dealkylation sites (tertiary alicyclic amines) is 1. The Hall–Kier alpha value is -3.96. The number of carbonyl (C=O) groups excluding carboxylic acids is 1. The van der Waals surface area contributed by atoms with E-state index in [1.54, 1.807) is 6.07 Å². The third-order valence-corrected chi connectivity index (χ3v) is 10.3. The van der Waals surface area contributed by atoms with E-state index >= 15 is 0 Å². The second-order valence-corrected chi connectivity index (χ2v) is 16.3. The monoisotopic (exact) mass is 644 g/mol. The van der Waals surface area contributed by atoms with Crippen molar-refractivity contribution in [1.29, 1.82) is 0 Å². The second kappa shape index (κ2) is 12.0. The third-order valence-electron chi connectivity index (χ3n) is 9.42. The number of fused-ring (bicyclic) bond motifs is 2. The number of aromatic nitrogens is 3. The van der Waals surface area contributed by atoms with Gasteiger partial charge in [0.05, 0.1) is 23.5 Å². The Balaban J connectivity index is 1.19. The molecular weight excluding hydrogens is 600 g/mol. The lowest BCUT2D eigenvalue weighted by molar-refractivity contribution is 0.170. The van der Waals surface area contributed by atoms with Crippen LogP contribution in [0.15, 0.2) is 60.8 Å². The van der Waals surface area contributed by atoms with Crippen molar-refractivity contribution >= 4 is 27.2 Å². The molecule has 1 aliphatic heterocycles. The van der Waals surface area contributed by atoms with Gasteiger partial charge in [0.2, 0.25) is 0 Å². The first-order valence-corrected chi connectivity index (χ1v) is 18.0. The largest absolute Gasteiger partial charge is 0.484 e. The molecule has 0 spiro atoms. The maximum Gasteiger partial charge on any atom is 0.319 e. The molecule has 2 aromatic carbocycles. The number of amides is 2. The smallest absolute Gasteiger partial charge is 0.319 e. The van der Waals surface area contributed by atoms with Gasteiger partial charge in [-0.05, 0) is 98.1 Å². The summed E-state index contributed by atoms with van der Waals surface area (Å²) in [5, 5.41) is 15.1. The van der Waals surface area contributed by atoms with Crippen LogP contribution in [0.5, 0.6) is 5.75 Å². The first-order valence-electron chi connectivity index (χ1n) is 15.9. The number of hydrogen-bond donors (Lipinski definition) is 2. The Morgan fingerprint density at radius 1 is 1.07 bits per heavy atom. The number of ether oxygens (including phenoxy) is 1. The van der Waals surface area contributed by atoms with E-state index in [0.717, 1.165) is 53.3 Å². The van der Waals surface area contributed by atoms with Gasteiger partial charge in [-0.2, -0.15) is 0 Å². The molecule has 1 saturated heterocycles. The van der Waals surface area contributed by atoms with Crippen LogP contribution in [0.25, 0.3) is 5.65 Å². The highest BCUT2D eigenvalue weighted by atomic mass is 32.2. The van der Waals surface area contributed by atoms with Crippen LogP contribution in [0.4, 0.5) is 10.5 Å². The van der Waals surface area contributed by atoms with Gasteiger partial charge in [0, 0.05) is 11.9 Å². The summed E-state index contributed by atoms with van der Waals surface area (Å²) in [4.78, 5) is 15.7. The molecule has 3 heterocycles. The molecule has 2 N–H and O–H groups in total. The lowest BCUT2D eigenvalue weighted by atomic mass is 9.85. The highest BCUT2D eigenvalue weighted by molar-refractivity contribution is 7.89. The van der Waals surface area contributed by atoms with Crippen molar-refractivity contribution in [3.63, 3.8) is 0 Å². The van der Waals surface area contributed by atoms with Crippen molar-refractivity contribution < 1.29 is 17.9 Å². The predicted molar refractivity (Wildman–Crippen MR) is 180 cm³/mol. The fourth-order valence-electron chi connectivity index (χ4n) is 6.78. The molecule has 1 fully saturated rings. The van der Waals surface area contributed by atoms with E-state index in [-0.39, 0.29) is 34.9 Å². The quantitative estimate of drug-likeness (QED) is 0.243. The van der Waals surface area contributed by atoms with Crippen LogP contribution in [0.1, 0.15) is 93.6 Å². The summed E-state index contributed by atoms with van der Waals surface area (Å²) in [6, 6.07) is 17.0. The summed E-state index contributed by atoms with van der Waals surface area (Å²) in [5.74, 6) is 1.57. The molecule has 11 heteroatoms. The van der Waals surface area contributed by atoms with Crippen molar-refractivity contribution in [2.45, 2.75) is 82.2 Å². The molecule has 0 saturated carbocycles. The van der Waals surface area contributed by atoms with Gasteiger partial charge in [-0.15, -0.1) is 10.2 Å². The van der Waals surface area contributed by atoms with E-state index in [1.807, 2.05) is 48.7 Å². The summed E-state index contributed by atoms with van der Waals surface area (Å²) < 4.78 is 32.7. The van der Waals surface area contributed by atoms with Crippen LogP contribution < -0.4 is 15.4 Å². The van der Waals surface area contributed by atoms with E-state index < -0.39 is 9.84 Å². The number of nitrogens with zero attached hydrogens (tertiary/aromatic N) is 4. The Kier molecular flexibility index (Phi) is 8.35. The molecule has 1 aliphatic carbocycles. The Morgan fingerprint density at radius 3 is 2.52 bits per heavy atom. The summed E-state index contributed by atoms with van der Waals surface area (Å²) in [6.45, 7) is 9.44. The van der Waals surface area contributed by atoms with Gasteiger partial charge >= 0.3 is 6.03 Å². The van der Waals surface area contributed by atoms with Gasteiger partial charge in [0.1, 0.15) is 11.9 Å². The maximum absolute atomic E-state index is 13.3. The molecule has 2 amide bonds. The molecule has 4 aromatic rings. The fraction of sp³-hybridized carbons (Fsp3) is 0.457. The predicted octanol–water partition coefficient (Wildman–Crippen LogP) is 6.29. The van der Waals surface area contributed by atoms with Crippen molar-refractivity contribution in [2.24, 2.45) is 0 Å². The van der Waals surface area contributed by atoms with Crippen LogP contribution in [0.3, 0.4) is 0 Å². The maximum atomic E-state index is 13.3. The molecule has 0 radical (unpaired) electrons. The molecule has 2 aromatic heterocycles. The number of sulfone groups is 1. The number of carbonyl (C=O) groups is 1. The number of hydrogen-bond acceptors (Lipinski definition) is 7. The zero-order chi connectivity index (χ0) is 32.9. The summed E-state index contributed by atoms with van der Waals surface area (Å²) in [7, 11) is -1.10. The van der Waals surface area contributed by atoms with Crippen LogP contribution in [0.2, 0.25) is 0 Å². The molecule has 46 heavy (non-hydrogen) atoms.